The lowest BCUT2D eigenvalue weighted by Gasteiger charge is -2.13. The number of anilines is 2. The summed E-state index contributed by atoms with van der Waals surface area (Å²) in [5.41, 5.74) is 11.2. The molecule has 0 saturated heterocycles. The van der Waals surface area contributed by atoms with Crippen LogP contribution in [0.2, 0.25) is 5.02 Å². The molecule has 0 fully saturated rings. The zero-order valence-corrected chi connectivity index (χ0v) is 14.0. The standard InChI is InChI=1S/C16H18ClN5O3/c17-11-3-4-13(25-7-1-6-18)12(8-11)21-16(24)22-14-5-2-10(9-20-14)15(19)23/h2-5,8-9H,1,6-7,18H2,(H2,19,23)(H2,20,21,22,24). The zero-order chi connectivity index (χ0) is 18.2. The molecule has 0 aliphatic rings. The molecule has 3 amide bonds. The summed E-state index contributed by atoms with van der Waals surface area (Å²) in [6, 6.07) is 7.29. The number of rotatable bonds is 7. The number of hydrogen-bond acceptors (Lipinski definition) is 5. The van der Waals surface area contributed by atoms with Crippen LogP contribution in [-0.2, 0) is 0 Å². The molecule has 2 rings (SSSR count). The summed E-state index contributed by atoms with van der Waals surface area (Å²) in [4.78, 5) is 27.1. The SMILES string of the molecule is NCCCOc1ccc(Cl)cc1NC(=O)Nc1ccc(C(N)=O)cn1. The van der Waals surface area contributed by atoms with Crippen molar-refractivity contribution in [3.8, 4) is 5.75 Å². The molecule has 0 spiro atoms. The van der Waals surface area contributed by atoms with E-state index in [4.69, 9.17) is 27.8 Å². The Morgan fingerprint density at radius 3 is 2.64 bits per heavy atom. The number of pyridine rings is 1. The summed E-state index contributed by atoms with van der Waals surface area (Å²) >= 11 is 5.97. The Morgan fingerprint density at radius 2 is 2.00 bits per heavy atom. The van der Waals surface area contributed by atoms with E-state index in [0.717, 1.165) is 0 Å². The molecule has 1 heterocycles. The first kappa shape index (κ1) is 18.5. The van der Waals surface area contributed by atoms with Crippen LogP contribution < -0.4 is 26.8 Å². The van der Waals surface area contributed by atoms with Crippen LogP contribution in [0, 0.1) is 0 Å². The van der Waals surface area contributed by atoms with Gasteiger partial charge >= 0.3 is 6.03 Å². The van der Waals surface area contributed by atoms with E-state index in [2.05, 4.69) is 15.6 Å². The third kappa shape index (κ3) is 5.63. The second-order valence-electron chi connectivity index (χ2n) is 5.01. The number of nitrogens with two attached hydrogens (primary N) is 2. The van der Waals surface area contributed by atoms with Crippen molar-refractivity contribution in [2.24, 2.45) is 11.5 Å². The molecule has 1 aromatic carbocycles. The normalized spacial score (nSPS) is 10.2. The van der Waals surface area contributed by atoms with Crippen molar-refractivity contribution in [1.29, 1.82) is 0 Å². The molecule has 9 heteroatoms. The molecule has 6 N–H and O–H groups in total. The van der Waals surface area contributed by atoms with E-state index < -0.39 is 11.9 Å². The van der Waals surface area contributed by atoms with E-state index in [1.165, 1.54) is 18.3 Å². The number of carbonyl (C=O) groups is 2. The van der Waals surface area contributed by atoms with E-state index in [0.29, 0.717) is 36.0 Å². The maximum Gasteiger partial charge on any atom is 0.324 e. The van der Waals surface area contributed by atoms with Crippen molar-refractivity contribution >= 4 is 35.0 Å². The quantitative estimate of drug-likeness (QED) is 0.560. The highest BCUT2D eigenvalue weighted by Gasteiger charge is 2.10. The average Bonchev–Trinajstić information content (AvgIpc) is 2.57. The fourth-order valence-electron chi connectivity index (χ4n) is 1.87. The minimum Gasteiger partial charge on any atom is -0.491 e. The van der Waals surface area contributed by atoms with Gasteiger partial charge in [0.05, 0.1) is 17.9 Å². The number of primary amides is 1. The van der Waals surface area contributed by atoms with Crippen LogP contribution in [0.3, 0.4) is 0 Å². The van der Waals surface area contributed by atoms with Gasteiger partial charge in [0.15, 0.2) is 0 Å². The molecule has 0 radical (unpaired) electrons. The minimum atomic E-state index is -0.596. The molecule has 0 aliphatic carbocycles. The van der Waals surface area contributed by atoms with Gasteiger partial charge in [-0.3, -0.25) is 10.1 Å². The van der Waals surface area contributed by atoms with E-state index in [-0.39, 0.29) is 11.4 Å². The maximum atomic E-state index is 12.1. The molecule has 0 bridgehead atoms. The highest BCUT2D eigenvalue weighted by molar-refractivity contribution is 6.31. The second kappa shape index (κ2) is 8.86. The van der Waals surface area contributed by atoms with E-state index >= 15 is 0 Å². The number of nitrogens with one attached hydrogen (secondary N) is 2. The molecule has 2 aromatic rings. The lowest BCUT2D eigenvalue weighted by atomic mass is 10.3. The van der Waals surface area contributed by atoms with Gasteiger partial charge in [-0.2, -0.15) is 0 Å². The van der Waals surface area contributed by atoms with Crippen molar-refractivity contribution < 1.29 is 14.3 Å². The monoisotopic (exact) mass is 363 g/mol. The van der Waals surface area contributed by atoms with Crippen LogP contribution in [0.25, 0.3) is 0 Å². The summed E-state index contributed by atoms with van der Waals surface area (Å²) in [6.07, 6.45) is 1.96. The van der Waals surface area contributed by atoms with E-state index in [1.807, 2.05) is 0 Å². The Labute approximate surface area is 149 Å². The topological polar surface area (TPSA) is 132 Å². The number of halogens is 1. The number of ether oxygens (including phenoxy) is 1. The van der Waals surface area contributed by atoms with Crippen molar-refractivity contribution in [2.75, 3.05) is 23.8 Å². The molecule has 1 aromatic heterocycles. The maximum absolute atomic E-state index is 12.1. The van der Waals surface area contributed by atoms with Crippen molar-refractivity contribution in [2.45, 2.75) is 6.42 Å². The fourth-order valence-corrected chi connectivity index (χ4v) is 2.05. The van der Waals surface area contributed by atoms with Crippen LogP contribution in [0.15, 0.2) is 36.5 Å². The van der Waals surface area contributed by atoms with Crippen LogP contribution in [-0.4, -0.2) is 30.1 Å². The van der Waals surface area contributed by atoms with Crippen molar-refractivity contribution in [3.05, 3.63) is 47.1 Å². The predicted molar refractivity (Wildman–Crippen MR) is 96.0 cm³/mol. The number of urea groups is 1. The number of hydrogen-bond donors (Lipinski definition) is 4. The third-order valence-corrected chi connectivity index (χ3v) is 3.32. The third-order valence-electron chi connectivity index (χ3n) is 3.09. The Hall–Kier alpha value is -2.84. The van der Waals surface area contributed by atoms with Crippen molar-refractivity contribution in [3.63, 3.8) is 0 Å². The molecule has 8 nitrogen and oxygen atoms in total. The van der Waals surface area contributed by atoms with E-state index in [9.17, 15) is 9.59 Å². The van der Waals surface area contributed by atoms with Crippen LogP contribution in [0.5, 0.6) is 5.75 Å². The van der Waals surface area contributed by atoms with Gasteiger partial charge < -0.3 is 21.5 Å². The number of carbonyl (C=O) groups excluding carboxylic acids is 2. The Kier molecular flexibility index (Phi) is 6.55. The molecule has 132 valence electrons. The first-order chi connectivity index (χ1) is 12.0. The molecule has 0 atom stereocenters. The second-order valence-corrected chi connectivity index (χ2v) is 5.44. The van der Waals surface area contributed by atoms with Crippen LogP contribution >= 0.6 is 11.6 Å². The van der Waals surface area contributed by atoms with Crippen molar-refractivity contribution in [1.82, 2.24) is 4.98 Å². The summed E-state index contributed by atoms with van der Waals surface area (Å²) in [5.74, 6) is 0.141. The lowest BCUT2D eigenvalue weighted by molar-refractivity contribution is 0.1000. The van der Waals surface area contributed by atoms with Gasteiger partial charge in [-0.15, -0.1) is 0 Å². The Morgan fingerprint density at radius 1 is 1.20 bits per heavy atom. The summed E-state index contributed by atoms with van der Waals surface area (Å²) in [6.45, 7) is 0.925. The fraction of sp³-hybridized carbons (Fsp3) is 0.188. The van der Waals surface area contributed by atoms with Gasteiger partial charge in [-0.1, -0.05) is 11.6 Å². The number of benzene rings is 1. The summed E-state index contributed by atoms with van der Waals surface area (Å²) < 4.78 is 5.58. The van der Waals surface area contributed by atoms with Gasteiger partial charge in [0.25, 0.3) is 0 Å². The Balaban J connectivity index is 2.03. The minimum absolute atomic E-state index is 0.247. The molecule has 0 aliphatic heterocycles. The molecule has 25 heavy (non-hydrogen) atoms. The van der Waals surface area contributed by atoms with E-state index in [1.54, 1.807) is 18.2 Å². The molecule has 0 saturated carbocycles. The largest absolute Gasteiger partial charge is 0.491 e. The smallest absolute Gasteiger partial charge is 0.324 e. The Bertz CT molecular complexity index is 752. The molecular formula is C16H18ClN5O3. The number of amides is 3. The number of nitrogens with zero attached hydrogens (tertiary/aromatic N) is 1. The average molecular weight is 364 g/mol. The first-order valence-electron chi connectivity index (χ1n) is 7.46. The lowest BCUT2D eigenvalue weighted by Crippen LogP contribution is -2.21. The first-order valence-corrected chi connectivity index (χ1v) is 7.83. The van der Waals surface area contributed by atoms with Gasteiger partial charge in [-0.25, -0.2) is 9.78 Å². The summed E-state index contributed by atoms with van der Waals surface area (Å²) in [7, 11) is 0. The van der Waals surface area contributed by atoms with Gasteiger partial charge in [-0.05, 0) is 43.3 Å². The molecular weight excluding hydrogens is 346 g/mol. The number of aromatic nitrogens is 1. The summed E-state index contributed by atoms with van der Waals surface area (Å²) in [5, 5.41) is 5.63. The van der Waals surface area contributed by atoms with Gasteiger partial charge in [0, 0.05) is 11.2 Å². The zero-order valence-electron chi connectivity index (χ0n) is 13.3. The highest BCUT2D eigenvalue weighted by Crippen LogP contribution is 2.28. The highest BCUT2D eigenvalue weighted by atomic mass is 35.5. The van der Waals surface area contributed by atoms with Crippen LogP contribution in [0.1, 0.15) is 16.8 Å². The van der Waals surface area contributed by atoms with Gasteiger partial charge in [0.1, 0.15) is 11.6 Å². The van der Waals surface area contributed by atoms with Gasteiger partial charge in [0.2, 0.25) is 5.91 Å². The predicted octanol–water partition coefficient (Wildman–Crippen LogP) is 2.21. The van der Waals surface area contributed by atoms with Crippen LogP contribution in [0.4, 0.5) is 16.3 Å². The molecule has 0 unspecified atom stereocenters.